The molecule has 0 bridgehead atoms. The summed E-state index contributed by atoms with van der Waals surface area (Å²) in [5.74, 6) is 0.341. The third-order valence-electron chi connectivity index (χ3n) is 4.54. The lowest BCUT2D eigenvalue weighted by Crippen LogP contribution is -2.20. The molecule has 0 saturated carbocycles. The summed E-state index contributed by atoms with van der Waals surface area (Å²) < 4.78 is 7.32. The van der Waals surface area contributed by atoms with Gasteiger partial charge in [-0.15, -0.1) is 11.3 Å². The van der Waals surface area contributed by atoms with E-state index in [4.69, 9.17) is 16.3 Å². The number of thiophene rings is 1. The number of amides is 1. The standard InChI is InChI=1S/C22H18ClN3O3S2/c1-26-21(28)20-16(11-18(31-20)13-6-4-3-5-7-13)25-22(26)30-12-19(27)24-15-10-14(23)8-9-17(15)29-2/h3-11H,12H2,1-2H3,(H,24,27). The Morgan fingerprint density at radius 3 is 2.74 bits per heavy atom. The van der Waals surface area contributed by atoms with Crippen LogP contribution in [-0.4, -0.2) is 28.3 Å². The van der Waals surface area contributed by atoms with Crippen molar-refractivity contribution in [3.05, 3.63) is 70.0 Å². The van der Waals surface area contributed by atoms with E-state index in [2.05, 4.69) is 10.3 Å². The average molecular weight is 472 g/mol. The van der Waals surface area contributed by atoms with Crippen LogP contribution in [0.3, 0.4) is 0 Å². The molecular formula is C22H18ClN3O3S2. The van der Waals surface area contributed by atoms with Gasteiger partial charge < -0.3 is 10.1 Å². The van der Waals surface area contributed by atoms with Crippen LogP contribution < -0.4 is 15.6 Å². The topological polar surface area (TPSA) is 73.2 Å². The van der Waals surface area contributed by atoms with E-state index in [-0.39, 0.29) is 17.2 Å². The van der Waals surface area contributed by atoms with Gasteiger partial charge in [-0.3, -0.25) is 14.2 Å². The van der Waals surface area contributed by atoms with E-state index in [1.54, 1.807) is 25.2 Å². The van der Waals surface area contributed by atoms with Crippen LogP contribution in [0, 0.1) is 0 Å². The molecule has 0 aliphatic carbocycles. The SMILES string of the molecule is COc1ccc(Cl)cc1NC(=O)CSc1nc2cc(-c3ccccc3)sc2c(=O)n1C. The third-order valence-corrected chi connectivity index (χ3v) is 6.97. The van der Waals surface area contributed by atoms with Gasteiger partial charge in [0.05, 0.1) is 24.1 Å². The van der Waals surface area contributed by atoms with E-state index in [1.807, 2.05) is 36.4 Å². The molecule has 0 fully saturated rings. The molecule has 0 unspecified atom stereocenters. The van der Waals surface area contributed by atoms with Crippen molar-refractivity contribution < 1.29 is 9.53 Å². The van der Waals surface area contributed by atoms with E-state index in [1.165, 1.54) is 34.8 Å². The summed E-state index contributed by atoms with van der Waals surface area (Å²) in [6.07, 6.45) is 0. The number of carbonyl (C=O) groups excluding carboxylic acids is 1. The minimum Gasteiger partial charge on any atom is -0.495 e. The Kier molecular flexibility index (Phi) is 6.31. The van der Waals surface area contributed by atoms with E-state index in [0.29, 0.717) is 31.8 Å². The van der Waals surface area contributed by atoms with Crippen LogP contribution in [0.25, 0.3) is 20.7 Å². The summed E-state index contributed by atoms with van der Waals surface area (Å²) in [5.41, 5.74) is 2.03. The van der Waals surface area contributed by atoms with Gasteiger partial charge in [0.1, 0.15) is 10.4 Å². The van der Waals surface area contributed by atoms with Crippen molar-refractivity contribution in [2.24, 2.45) is 7.05 Å². The number of fused-ring (bicyclic) bond motifs is 1. The molecule has 2 aromatic carbocycles. The zero-order valence-electron chi connectivity index (χ0n) is 16.7. The van der Waals surface area contributed by atoms with Crippen molar-refractivity contribution in [1.29, 1.82) is 0 Å². The van der Waals surface area contributed by atoms with Crippen LogP contribution in [0.4, 0.5) is 5.69 Å². The summed E-state index contributed by atoms with van der Waals surface area (Å²) >= 11 is 8.63. The minimum atomic E-state index is -0.254. The lowest BCUT2D eigenvalue weighted by molar-refractivity contribution is -0.113. The van der Waals surface area contributed by atoms with Gasteiger partial charge in [-0.1, -0.05) is 53.7 Å². The largest absolute Gasteiger partial charge is 0.495 e. The van der Waals surface area contributed by atoms with E-state index in [0.717, 1.165) is 10.4 Å². The molecular weight excluding hydrogens is 454 g/mol. The van der Waals surface area contributed by atoms with Gasteiger partial charge in [0, 0.05) is 16.9 Å². The number of hydrogen-bond donors (Lipinski definition) is 1. The smallest absolute Gasteiger partial charge is 0.271 e. The number of hydrogen-bond acceptors (Lipinski definition) is 6. The van der Waals surface area contributed by atoms with Gasteiger partial charge in [-0.05, 0) is 29.8 Å². The predicted octanol–water partition coefficient (Wildman–Crippen LogP) is 5.05. The summed E-state index contributed by atoms with van der Waals surface area (Å²) in [5, 5.41) is 3.75. The second kappa shape index (κ2) is 9.13. The van der Waals surface area contributed by atoms with Gasteiger partial charge in [0.2, 0.25) is 5.91 Å². The van der Waals surface area contributed by atoms with Gasteiger partial charge >= 0.3 is 0 Å². The molecule has 2 aromatic heterocycles. The van der Waals surface area contributed by atoms with Gasteiger partial charge in [-0.25, -0.2) is 4.98 Å². The second-order valence-corrected chi connectivity index (χ2v) is 9.06. The van der Waals surface area contributed by atoms with Crippen molar-refractivity contribution >= 4 is 56.5 Å². The lowest BCUT2D eigenvalue weighted by atomic mass is 10.2. The molecule has 0 radical (unpaired) electrons. The molecule has 4 aromatic rings. The molecule has 1 N–H and O–H groups in total. The number of halogens is 1. The Bertz CT molecular complexity index is 1320. The van der Waals surface area contributed by atoms with Crippen molar-refractivity contribution in [1.82, 2.24) is 9.55 Å². The quantitative estimate of drug-likeness (QED) is 0.314. The highest BCUT2D eigenvalue weighted by Gasteiger charge is 2.15. The average Bonchev–Trinajstić information content (AvgIpc) is 3.20. The molecule has 6 nitrogen and oxygen atoms in total. The van der Waals surface area contributed by atoms with Crippen molar-refractivity contribution in [3.8, 4) is 16.2 Å². The number of anilines is 1. The van der Waals surface area contributed by atoms with Gasteiger partial charge in [0.15, 0.2) is 5.16 Å². The molecule has 0 aliphatic rings. The fourth-order valence-corrected chi connectivity index (χ4v) is 5.02. The Balaban J connectivity index is 1.55. The summed E-state index contributed by atoms with van der Waals surface area (Å²) in [7, 11) is 3.18. The van der Waals surface area contributed by atoms with Crippen LogP contribution in [0.2, 0.25) is 5.02 Å². The first-order valence-corrected chi connectivity index (χ1v) is 11.5. The number of ether oxygens (including phenoxy) is 1. The summed E-state index contributed by atoms with van der Waals surface area (Å²) in [6.45, 7) is 0. The molecule has 1 amide bonds. The molecule has 0 atom stereocenters. The molecule has 9 heteroatoms. The highest BCUT2D eigenvalue weighted by Crippen LogP contribution is 2.32. The zero-order valence-corrected chi connectivity index (χ0v) is 19.1. The number of benzene rings is 2. The summed E-state index contributed by atoms with van der Waals surface area (Å²) in [6, 6.07) is 16.8. The van der Waals surface area contributed by atoms with E-state index >= 15 is 0 Å². The maximum Gasteiger partial charge on any atom is 0.271 e. The molecule has 2 heterocycles. The number of thioether (sulfide) groups is 1. The monoisotopic (exact) mass is 471 g/mol. The van der Waals surface area contributed by atoms with Crippen molar-refractivity contribution in [3.63, 3.8) is 0 Å². The number of rotatable bonds is 6. The number of nitrogens with zero attached hydrogens (tertiary/aromatic N) is 2. The van der Waals surface area contributed by atoms with E-state index < -0.39 is 0 Å². The summed E-state index contributed by atoms with van der Waals surface area (Å²) in [4.78, 5) is 30.9. The Morgan fingerprint density at radius 1 is 1.23 bits per heavy atom. The first-order chi connectivity index (χ1) is 15.0. The fraction of sp³-hybridized carbons (Fsp3) is 0.136. The molecule has 4 rings (SSSR count). The Labute approximate surface area is 191 Å². The maximum absolute atomic E-state index is 12.8. The van der Waals surface area contributed by atoms with Crippen molar-refractivity contribution in [2.75, 3.05) is 18.2 Å². The normalized spacial score (nSPS) is 10.9. The van der Waals surface area contributed by atoms with Crippen LogP contribution >= 0.6 is 34.7 Å². The van der Waals surface area contributed by atoms with Crippen LogP contribution in [-0.2, 0) is 11.8 Å². The van der Waals surface area contributed by atoms with Crippen LogP contribution in [0.15, 0.2) is 64.5 Å². The lowest BCUT2D eigenvalue weighted by Gasteiger charge is -2.11. The number of carbonyl (C=O) groups is 1. The first kappa shape index (κ1) is 21.4. The molecule has 0 aliphatic heterocycles. The van der Waals surface area contributed by atoms with Crippen molar-refractivity contribution in [2.45, 2.75) is 5.16 Å². The fourth-order valence-electron chi connectivity index (χ4n) is 3.00. The zero-order chi connectivity index (χ0) is 22.0. The third kappa shape index (κ3) is 4.61. The number of aromatic nitrogens is 2. The molecule has 0 saturated heterocycles. The molecule has 31 heavy (non-hydrogen) atoms. The Hall–Kier alpha value is -2.81. The van der Waals surface area contributed by atoms with Gasteiger partial charge in [-0.2, -0.15) is 0 Å². The highest BCUT2D eigenvalue weighted by molar-refractivity contribution is 7.99. The predicted molar refractivity (Wildman–Crippen MR) is 128 cm³/mol. The Morgan fingerprint density at radius 2 is 2.00 bits per heavy atom. The number of nitrogens with one attached hydrogen (secondary N) is 1. The van der Waals surface area contributed by atoms with Crippen LogP contribution in [0.5, 0.6) is 5.75 Å². The second-order valence-electron chi connectivity index (χ2n) is 6.63. The van der Waals surface area contributed by atoms with Crippen LogP contribution in [0.1, 0.15) is 0 Å². The molecule has 0 spiro atoms. The van der Waals surface area contributed by atoms with E-state index in [9.17, 15) is 9.59 Å². The minimum absolute atomic E-state index is 0.0805. The highest BCUT2D eigenvalue weighted by atomic mass is 35.5. The first-order valence-electron chi connectivity index (χ1n) is 9.28. The number of methoxy groups -OCH3 is 1. The maximum atomic E-state index is 12.8. The van der Waals surface area contributed by atoms with Gasteiger partial charge in [0.25, 0.3) is 5.56 Å². The molecule has 158 valence electrons.